The van der Waals surface area contributed by atoms with Gasteiger partial charge in [0.1, 0.15) is 17.4 Å². The zero-order chi connectivity index (χ0) is 26.9. The van der Waals surface area contributed by atoms with E-state index < -0.39 is 0 Å². The highest BCUT2D eigenvalue weighted by atomic mass is 16.2. The van der Waals surface area contributed by atoms with Crippen molar-refractivity contribution < 1.29 is 4.79 Å². The molecule has 1 fully saturated rings. The molecule has 7 heteroatoms. The lowest BCUT2D eigenvalue weighted by Gasteiger charge is -2.36. The Hall–Kier alpha value is -3.84. The van der Waals surface area contributed by atoms with Crippen LogP contribution in [0.15, 0.2) is 60.7 Å². The SMILES string of the molecule is CCc1ccc(-c2nc3c(N4CCN(Cc5ccc6c(c5)NC(CC(C)C)C(=O)N6)CC4)cccc3[nH]2)cc1. The van der Waals surface area contributed by atoms with E-state index >= 15 is 0 Å². The number of aryl methyl sites for hydroxylation is 1. The van der Waals surface area contributed by atoms with Gasteiger partial charge in [-0.25, -0.2) is 4.98 Å². The van der Waals surface area contributed by atoms with Gasteiger partial charge in [0.25, 0.3) is 0 Å². The number of amides is 1. The molecule has 3 aromatic carbocycles. The summed E-state index contributed by atoms with van der Waals surface area (Å²) in [6.45, 7) is 11.3. The van der Waals surface area contributed by atoms with E-state index in [0.29, 0.717) is 5.92 Å². The molecule has 1 amide bonds. The Balaban J connectivity index is 1.12. The monoisotopic (exact) mass is 522 g/mol. The number of nitrogens with one attached hydrogen (secondary N) is 3. The van der Waals surface area contributed by atoms with E-state index in [1.54, 1.807) is 0 Å². The zero-order valence-electron chi connectivity index (χ0n) is 23.1. The summed E-state index contributed by atoms with van der Waals surface area (Å²) in [5, 5.41) is 6.54. The van der Waals surface area contributed by atoms with E-state index in [9.17, 15) is 4.79 Å². The Morgan fingerprint density at radius 1 is 0.949 bits per heavy atom. The van der Waals surface area contributed by atoms with Crippen LogP contribution in [0.25, 0.3) is 22.4 Å². The largest absolute Gasteiger partial charge is 0.372 e. The summed E-state index contributed by atoms with van der Waals surface area (Å²) >= 11 is 0. The van der Waals surface area contributed by atoms with Gasteiger partial charge in [-0.05, 0) is 54.2 Å². The molecule has 2 aliphatic rings. The van der Waals surface area contributed by atoms with Gasteiger partial charge < -0.3 is 20.5 Å². The van der Waals surface area contributed by atoms with Crippen LogP contribution in [0, 0.1) is 5.92 Å². The van der Waals surface area contributed by atoms with Crippen molar-refractivity contribution in [2.24, 2.45) is 5.92 Å². The van der Waals surface area contributed by atoms with Crippen molar-refractivity contribution in [1.29, 1.82) is 0 Å². The predicted octanol–water partition coefficient (Wildman–Crippen LogP) is 5.89. The molecule has 0 bridgehead atoms. The van der Waals surface area contributed by atoms with Crippen molar-refractivity contribution in [2.75, 3.05) is 41.7 Å². The van der Waals surface area contributed by atoms with Crippen LogP contribution in [0.3, 0.4) is 0 Å². The number of piperazine rings is 1. The maximum atomic E-state index is 12.4. The van der Waals surface area contributed by atoms with Gasteiger partial charge in [-0.2, -0.15) is 0 Å². The highest BCUT2D eigenvalue weighted by Crippen LogP contribution is 2.31. The molecule has 0 saturated carbocycles. The first kappa shape index (κ1) is 25.4. The van der Waals surface area contributed by atoms with Crippen LogP contribution in [0.2, 0.25) is 0 Å². The van der Waals surface area contributed by atoms with E-state index in [1.807, 2.05) is 6.07 Å². The maximum Gasteiger partial charge on any atom is 0.246 e. The quantitative estimate of drug-likeness (QED) is 0.282. The number of H-pyrrole nitrogens is 1. The first-order chi connectivity index (χ1) is 19.0. The average molecular weight is 523 g/mol. The number of carbonyl (C=O) groups excluding carboxylic acids is 1. The average Bonchev–Trinajstić information content (AvgIpc) is 3.39. The minimum Gasteiger partial charge on any atom is -0.372 e. The third-order valence-electron chi connectivity index (χ3n) is 7.94. The van der Waals surface area contributed by atoms with Crippen LogP contribution in [0.4, 0.5) is 17.1 Å². The number of aromatic amines is 1. The van der Waals surface area contributed by atoms with E-state index in [2.05, 4.69) is 101 Å². The molecule has 3 heterocycles. The molecule has 1 atom stereocenters. The molecule has 3 N–H and O–H groups in total. The lowest BCUT2D eigenvalue weighted by atomic mass is 10.00. The van der Waals surface area contributed by atoms with Crippen molar-refractivity contribution in [3.63, 3.8) is 0 Å². The van der Waals surface area contributed by atoms with E-state index in [0.717, 1.165) is 79.4 Å². The summed E-state index contributed by atoms with van der Waals surface area (Å²) in [7, 11) is 0. The molecule has 2 aliphatic heterocycles. The summed E-state index contributed by atoms with van der Waals surface area (Å²) in [6.07, 6.45) is 1.86. The first-order valence-corrected chi connectivity index (χ1v) is 14.2. The van der Waals surface area contributed by atoms with E-state index in [-0.39, 0.29) is 11.9 Å². The molecule has 1 aromatic heterocycles. The van der Waals surface area contributed by atoms with Crippen molar-refractivity contribution in [3.05, 3.63) is 71.8 Å². The molecule has 39 heavy (non-hydrogen) atoms. The molecule has 4 aromatic rings. The Bertz CT molecular complexity index is 1470. The maximum absolute atomic E-state index is 12.4. The number of hydrogen-bond donors (Lipinski definition) is 3. The Labute approximate surface area is 230 Å². The van der Waals surface area contributed by atoms with Crippen molar-refractivity contribution >= 4 is 34.0 Å². The molecule has 0 spiro atoms. The lowest BCUT2D eigenvalue weighted by Crippen LogP contribution is -2.46. The normalized spacial score (nSPS) is 17.8. The summed E-state index contributed by atoms with van der Waals surface area (Å²) in [6, 6.07) is 21.3. The smallest absolute Gasteiger partial charge is 0.246 e. The minimum absolute atomic E-state index is 0.0634. The minimum atomic E-state index is -0.169. The highest BCUT2D eigenvalue weighted by molar-refractivity contribution is 6.03. The highest BCUT2D eigenvalue weighted by Gasteiger charge is 2.26. The number of para-hydroxylation sites is 1. The summed E-state index contributed by atoms with van der Waals surface area (Å²) in [4.78, 5) is 26.0. The lowest BCUT2D eigenvalue weighted by molar-refractivity contribution is -0.117. The van der Waals surface area contributed by atoms with Gasteiger partial charge >= 0.3 is 0 Å². The molecule has 0 aliphatic carbocycles. The van der Waals surface area contributed by atoms with Crippen LogP contribution in [0.5, 0.6) is 0 Å². The van der Waals surface area contributed by atoms with Gasteiger partial charge in [0.05, 0.1) is 22.6 Å². The first-order valence-electron chi connectivity index (χ1n) is 14.2. The number of carbonyl (C=O) groups is 1. The number of anilines is 3. The standard InChI is InChI=1S/C32H38N6O/c1-4-22-8-11-24(12-9-22)31-34-26-6-5-7-29(30(26)36-31)38-16-14-37(15-17-38)20-23-10-13-25-27(19-23)33-28(18-21(2)3)32(39)35-25/h5-13,19,21,28,33H,4,14-18,20H2,1-3H3,(H,34,36)(H,35,39). The van der Waals surface area contributed by atoms with Crippen molar-refractivity contribution in [2.45, 2.75) is 46.2 Å². The molecular formula is C32H38N6O. The number of hydrogen-bond acceptors (Lipinski definition) is 5. The number of aromatic nitrogens is 2. The molecule has 7 nitrogen and oxygen atoms in total. The third-order valence-corrected chi connectivity index (χ3v) is 7.94. The molecular weight excluding hydrogens is 484 g/mol. The van der Waals surface area contributed by atoms with Crippen LogP contribution in [-0.4, -0.2) is 53.0 Å². The van der Waals surface area contributed by atoms with Crippen LogP contribution >= 0.6 is 0 Å². The number of imidazole rings is 1. The van der Waals surface area contributed by atoms with Crippen LogP contribution < -0.4 is 15.5 Å². The number of rotatable bonds is 7. The second-order valence-electron chi connectivity index (χ2n) is 11.3. The predicted molar refractivity (Wildman–Crippen MR) is 160 cm³/mol. The second kappa shape index (κ2) is 10.7. The Morgan fingerprint density at radius 2 is 1.72 bits per heavy atom. The summed E-state index contributed by atoms with van der Waals surface area (Å²) in [5.74, 6) is 1.45. The molecule has 6 rings (SSSR count). The molecule has 1 saturated heterocycles. The Morgan fingerprint density at radius 3 is 2.46 bits per heavy atom. The number of fused-ring (bicyclic) bond motifs is 2. The van der Waals surface area contributed by atoms with Crippen molar-refractivity contribution in [1.82, 2.24) is 14.9 Å². The molecule has 1 unspecified atom stereocenters. The fourth-order valence-corrected chi connectivity index (χ4v) is 5.74. The molecule has 0 radical (unpaired) electrons. The van der Waals surface area contributed by atoms with E-state index in [1.165, 1.54) is 16.8 Å². The fourth-order valence-electron chi connectivity index (χ4n) is 5.74. The van der Waals surface area contributed by atoms with Gasteiger partial charge in [0.15, 0.2) is 0 Å². The van der Waals surface area contributed by atoms with Gasteiger partial charge in [-0.1, -0.05) is 57.2 Å². The number of nitrogens with zero attached hydrogens (tertiary/aromatic N) is 3. The van der Waals surface area contributed by atoms with Gasteiger partial charge in [-0.15, -0.1) is 0 Å². The zero-order valence-corrected chi connectivity index (χ0v) is 23.1. The summed E-state index contributed by atoms with van der Waals surface area (Å²) < 4.78 is 0. The molecule has 202 valence electrons. The van der Waals surface area contributed by atoms with Crippen LogP contribution in [0.1, 0.15) is 38.3 Å². The summed E-state index contributed by atoms with van der Waals surface area (Å²) in [5.41, 5.74) is 8.94. The van der Waals surface area contributed by atoms with Crippen LogP contribution in [-0.2, 0) is 17.8 Å². The van der Waals surface area contributed by atoms with Gasteiger partial charge in [-0.3, -0.25) is 9.69 Å². The fraction of sp³-hybridized carbons (Fsp3) is 0.375. The van der Waals surface area contributed by atoms with Crippen molar-refractivity contribution in [3.8, 4) is 11.4 Å². The van der Waals surface area contributed by atoms with Gasteiger partial charge in [0.2, 0.25) is 5.91 Å². The topological polar surface area (TPSA) is 76.3 Å². The number of benzene rings is 3. The van der Waals surface area contributed by atoms with E-state index in [4.69, 9.17) is 4.98 Å². The second-order valence-corrected chi connectivity index (χ2v) is 11.3. The van der Waals surface area contributed by atoms with Gasteiger partial charge in [0, 0.05) is 38.3 Å². The third kappa shape index (κ3) is 5.36. The Kier molecular flexibility index (Phi) is 7.00.